The van der Waals surface area contributed by atoms with Gasteiger partial charge in [-0.25, -0.2) is 4.57 Å². The highest BCUT2D eigenvalue weighted by Crippen LogP contribution is 2.44. The van der Waals surface area contributed by atoms with Crippen molar-refractivity contribution in [3.63, 3.8) is 0 Å². The van der Waals surface area contributed by atoms with Crippen LogP contribution in [0.2, 0.25) is 0 Å². The van der Waals surface area contributed by atoms with Crippen molar-refractivity contribution in [2.75, 3.05) is 39.4 Å². The highest BCUT2D eigenvalue weighted by molar-refractivity contribution is 7.94. The van der Waals surface area contributed by atoms with Crippen LogP contribution in [0, 0.1) is 0 Å². The van der Waals surface area contributed by atoms with E-state index in [9.17, 15) is 9.46 Å². The van der Waals surface area contributed by atoms with Gasteiger partial charge in [0.1, 0.15) is 17.6 Å². The van der Waals surface area contributed by atoms with E-state index in [0.29, 0.717) is 19.0 Å². The average molecular weight is 562 g/mol. The van der Waals surface area contributed by atoms with Crippen LogP contribution in [-0.4, -0.2) is 50.4 Å². The number of methoxy groups -OCH3 is 1. The minimum atomic E-state index is -4.24. The lowest BCUT2D eigenvalue weighted by Gasteiger charge is -2.18. The molecule has 0 aliphatic carbocycles. The van der Waals surface area contributed by atoms with E-state index in [0.717, 1.165) is 17.7 Å². The molecule has 0 saturated carbocycles. The zero-order valence-electron chi connectivity index (χ0n) is 24.0. The molecule has 0 amide bonds. The maximum atomic E-state index is 12.4. The number of ether oxygens (including phenoxy) is 2. The Morgan fingerprint density at radius 3 is 1.97 bits per heavy atom. The molecule has 2 unspecified atom stereocenters. The van der Waals surface area contributed by atoms with Gasteiger partial charge in [-0.1, -0.05) is 103 Å². The second-order valence-electron chi connectivity index (χ2n) is 10.2. The predicted octanol–water partition coefficient (Wildman–Crippen LogP) is 8.07. The molecular weight excluding hydrogens is 507 g/mol. The highest BCUT2D eigenvalue weighted by Gasteiger charge is 2.25. The molecule has 0 bridgehead atoms. The number of unbranched alkanes of at least 4 members (excludes halogenated alkanes) is 13. The van der Waals surface area contributed by atoms with Gasteiger partial charge < -0.3 is 14.0 Å². The zero-order valence-corrected chi connectivity index (χ0v) is 25.7. The molecule has 216 valence electrons. The van der Waals surface area contributed by atoms with E-state index >= 15 is 0 Å². The number of benzene rings is 1. The maximum Gasteiger partial charge on any atom is 0.527 e. The first kappa shape index (κ1) is 34.5. The van der Waals surface area contributed by atoms with Gasteiger partial charge in [-0.05, 0) is 29.4 Å². The first-order chi connectivity index (χ1) is 17.9. The second-order valence-corrected chi connectivity index (χ2v) is 13.8. The van der Waals surface area contributed by atoms with Gasteiger partial charge in [0, 0.05) is 19.3 Å². The Hall–Kier alpha value is -0.560. The molecule has 8 heteroatoms. The van der Waals surface area contributed by atoms with Gasteiger partial charge in [0.15, 0.2) is 0 Å². The maximum absolute atomic E-state index is 12.4. The van der Waals surface area contributed by atoms with Crippen LogP contribution in [-0.2, 0) is 35.2 Å². The van der Waals surface area contributed by atoms with Gasteiger partial charge in [-0.3, -0.25) is 9.42 Å². The van der Waals surface area contributed by atoms with Gasteiger partial charge >= 0.3 is 7.82 Å². The molecule has 0 aliphatic heterocycles. The lowest BCUT2D eigenvalue weighted by atomic mass is 10.0. The van der Waals surface area contributed by atoms with Crippen LogP contribution in [0.4, 0.5) is 0 Å². The zero-order chi connectivity index (χ0) is 27.2. The summed E-state index contributed by atoms with van der Waals surface area (Å²) in [5, 5.41) is 0. The summed E-state index contributed by atoms with van der Waals surface area (Å²) in [6.07, 6.45) is 22.5. The summed E-state index contributed by atoms with van der Waals surface area (Å²) in [5.74, 6) is 1.23. The summed E-state index contributed by atoms with van der Waals surface area (Å²) in [6, 6.07) is 7.25. The van der Waals surface area contributed by atoms with E-state index in [4.69, 9.17) is 18.5 Å². The van der Waals surface area contributed by atoms with Crippen LogP contribution >= 0.6 is 7.82 Å². The van der Waals surface area contributed by atoms with Crippen LogP contribution in [0.15, 0.2) is 24.3 Å². The fourth-order valence-electron chi connectivity index (χ4n) is 4.16. The molecule has 1 aromatic carbocycles. The molecular formula is C29H54O6PS+. The summed E-state index contributed by atoms with van der Waals surface area (Å²) < 4.78 is 33.9. The van der Waals surface area contributed by atoms with Crippen LogP contribution in [0.1, 0.15) is 102 Å². The Morgan fingerprint density at radius 1 is 0.865 bits per heavy atom. The number of hydrogen-bond acceptors (Lipinski definition) is 5. The minimum absolute atomic E-state index is 0.0733. The van der Waals surface area contributed by atoms with Crippen molar-refractivity contribution in [2.24, 2.45) is 0 Å². The lowest BCUT2D eigenvalue weighted by Crippen LogP contribution is -2.24. The topological polar surface area (TPSA) is 74.2 Å². The molecule has 0 radical (unpaired) electrons. The minimum Gasteiger partial charge on any atom is -0.404 e. The molecule has 1 aromatic rings. The van der Waals surface area contributed by atoms with Crippen molar-refractivity contribution in [3.8, 4) is 5.75 Å². The number of hydrogen-bond donors (Lipinski definition) is 1. The fourth-order valence-corrected chi connectivity index (χ4v) is 5.79. The Balaban J connectivity index is 2.05. The van der Waals surface area contributed by atoms with Gasteiger partial charge in [0.25, 0.3) is 0 Å². The van der Waals surface area contributed by atoms with E-state index < -0.39 is 13.9 Å². The second kappa shape index (κ2) is 22.3. The summed E-state index contributed by atoms with van der Waals surface area (Å²) in [6.45, 7) is 3.18. The van der Waals surface area contributed by atoms with Crippen molar-refractivity contribution < 1.29 is 28.0 Å². The molecule has 0 heterocycles. The van der Waals surface area contributed by atoms with Gasteiger partial charge in [0.05, 0.1) is 25.7 Å². The Bertz CT molecular complexity index is 717. The summed E-state index contributed by atoms with van der Waals surface area (Å²) in [5.41, 5.74) is 1.07. The number of phosphoric acid groups is 1. The third-order valence-corrected chi connectivity index (χ3v) is 8.11. The fraction of sp³-hybridized carbons (Fsp3) is 0.793. The highest BCUT2D eigenvalue weighted by atomic mass is 32.2. The Kier molecular flexibility index (Phi) is 20.8. The molecule has 0 saturated heterocycles. The molecule has 1 rings (SSSR count). The first-order valence-corrected chi connectivity index (χ1v) is 18.0. The van der Waals surface area contributed by atoms with E-state index in [1.54, 1.807) is 19.2 Å². The molecule has 0 fully saturated rings. The van der Waals surface area contributed by atoms with E-state index in [1.165, 1.54) is 83.5 Å². The quantitative estimate of drug-likeness (QED) is 0.0739. The van der Waals surface area contributed by atoms with Gasteiger partial charge in [-0.2, -0.15) is 0 Å². The lowest BCUT2D eigenvalue weighted by molar-refractivity contribution is -0.0197. The number of rotatable bonds is 25. The summed E-state index contributed by atoms with van der Waals surface area (Å²) >= 11 is 0. The van der Waals surface area contributed by atoms with Crippen molar-refractivity contribution in [1.29, 1.82) is 0 Å². The van der Waals surface area contributed by atoms with Crippen LogP contribution in [0.5, 0.6) is 5.75 Å². The molecule has 1 N–H and O–H groups in total. The Labute approximate surface area is 230 Å². The normalized spacial score (nSPS) is 14.1. The third kappa shape index (κ3) is 20.1. The molecule has 0 aromatic heterocycles. The third-order valence-electron chi connectivity index (χ3n) is 6.28. The van der Waals surface area contributed by atoms with E-state index in [-0.39, 0.29) is 17.5 Å². The molecule has 0 spiro atoms. The smallest absolute Gasteiger partial charge is 0.404 e. The van der Waals surface area contributed by atoms with Crippen molar-refractivity contribution in [1.82, 2.24) is 0 Å². The largest absolute Gasteiger partial charge is 0.527 e. The molecule has 6 nitrogen and oxygen atoms in total. The van der Waals surface area contributed by atoms with Gasteiger partial charge in [-0.15, -0.1) is 0 Å². The first-order valence-electron chi connectivity index (χ1n) is 14.3. The van der Waals surface area contributed by atoms with Gasteiger partial charge in [0.2, 0.25) is 0 Å². The Morgan fingerprint density at radius 2 is 1.43 bits per heavy atom. The van der Waals surface area contributed by atoms with Crippen LogP contribution < -0.4 is 4.52 Å². The molecule has 37 heavy (non-hydrogen) atoms. The van der Waals surface area contributed by atoms with Crippen LogP contribution in [0.3, 0.4) is 0 Å². The molecule has 2 atom stereocenters. The van der Waals surface area contributed by atoms with E-state index in [2.05, 4.69) is 19.4 Å². The predicted molar refractivity (Wildman–Crippen MR) is 158 cm³/mol. The molecule has 0 aliphatic rings. The average Bonchev–Trinajstić information content (AvgIpc) is 2.85. The number of phosphoric ester groups is 1. The van der Waals surface area contributed by atoms with Crippen molar-refractivity contribution in [2.45, 2.75) is 109 Å². The standard InChI is InChI=1S/C29H53O6PS/c1-5-6-7-8-9-10-11-12-13-14-15-16-17-18-22-33-24-29(32-2)25-34-36(30,31)35-28-21-19-20-27(23-28)26-37(3)4/h19-21,23,29H,5-18,22,24-26H2,1-4H3/p+1. The summed E-state index contributed by atoms with van der Waals surface area (Å²) in [7, 11) is -2.47. The van der Waals surface area contributed by atoms with Crippen molar-refractivity contribution in [3.05, 3.63) is 29.8 Å². The SMILES string of the molecule is CCCCCCCCCCCCCCCCOCC(COP(=O)(O)Oc1cccc(C[S+](C)C)c1)OC. The van der Waals surface area contributed by atoms with Crippen molar-refractivity contribution >= 4 is 18.7 Å². The monoisotopic (exact) mass is 561 g/mol. The van der Waals surface area contributed by atoms with E-state index in [1.807, 2.05) is 12.1 Å². The summed E-state index contributed by atoms with van der Waals surface area (Å²) in [4.78, 5) is 10.1. The van der Waals surface area contributed by atoms with Crippen LogP contribution in [0.25, 0.3) is 0 Å².